The van der Waals surface area contributed by atoms with E-state index in [1.807, 2.05) is 30.3 Å². The Bertz CT molecular complexity index is 445. The SMILES string of the molecule is O=C(CC1C#CCCC=C1)c1ccccc1. The third-order valence-electron chi connectivity index (χ3n) is 2.59. The molecule has 0 saturated heterocycles. The van der Waals surface area contributed by atoms with Gasteiger partial charge in [-0.3, -0.25) is 4.79 Å². The van der Waals surface area contributed by atoms with Crippen LogP contribution in [-0.4, -0.2) is 5.78 Å². The summed E-state index contributed by atoms with van der Waals surface area (Å²) in [5.74, 6) is 6.48. The Morgan fingerprint density at radius 2 is 2.12 bits per heavy atom. The number of Topliss-reactive ketones (excluding diaryl/α,β-unsaturated/α-hetero) is 1. The van der Waals surface area contributed by atoms with Crippen LogP contribution < -0.4 is 0 Å². The molecule has 1 aromatic rings. The molecule has 1 aromatic carbocycles. The van der Waals surface area contributed by atoms with E-state index in [1.165, 1.54) is 0 Å². The van der Waals surface area contributed by atoms with Crippen molar-refractivity contribution in [1.82, 2.24) is 0 Å². The fourth-order valence-electron chi connectivity index (χ4n) is 1.73. The molecule has 0 N–H and O–H groups in total. The maximum Gasteiger partial charge on any atom is 0.164 e. The van der Waals surface area contributed by atoms with Crippen LogP contribution >= 0.6 is 0 Å². The van der Waals surface area contributed by atoms with Crippen molar-refractivity contribution in [3.63, 3.8) is 0 Å². The maximum absolute atomic E-state index is 11.9. The van der Waals surface area contributed by atoms with Crippen molar-refractivity contribution in [2.45, 2.75) is 19.3 Å². The summed E-state index contributed by atoms with van der Waals surface area (Å²) in [5, 5.41) is 0. The molecule has 1 atom stereocenters. The normalized spacial score (nSPS) is 18.4. The van der Waals surface area contributed by atoms with Crippen LogP contribution in [0.15, 0.2) is 42.5 Å². The van der Waals surface area contributed by atoms with Crippen molar-refractivity contribution in [1.29, 1.82) is 0 Å². The molecule has 1 aliphatic rings. The zero-order valence-electron chi connectivity index (χ0n) is 9.15. The van der Waals surface area contributed by atoms with Gasteiger partial charge in [-0.2, -0.15) is 0 Å². The van der Waals surface area contributed by atoms with Crippen LogP contribution in [0.4, 0.5) is 0 Å². The average Bonchev–Trinajstić information content (AvgIpc) is 2.59. The molecule has 1 heteroatoms. The highest BCUT2D eigenvalue weighted by atomic mass is 16.1. The van der Waals surface area contributed by atoms with E-state index in [2.05, 4.69) is 24.0 Å². The zero-order chi connectivity index (χ0) is 11.2. The largest absolute Gasteiger partial charge is 0.294 e. The van der Waals surface area contributed by atoms with E-state index < -0.39 is 0 Å². The van der Waals surface area contributed by atoms with Crippen molar-refractivity contribution in [3.05, 3.63) is 48.0 Å². The molecule has 1 nitrogen and oxygen atoms in total. The van der Waals surface area contributed by atoms with Gasteiger partial charge < -0.3 is 0 Å². The summed E-state index contributed by atoms with van der Waals surface area (Å²) in [4.78, 5) is 11.9. The number of carbonyl (C=O) groups is 1. The summed E-state index contributed by atoms with van der Waals surface area (Å²) in [5.41, 5.74) is 0.780. The second-order valence-electron chi connectivity index (χ2n) is 3.89. The summed E-state index contributed by atoms with van der Waals surface area (Å²) in [6.45, 7) is 0. The summed E-state index contributed by atoms with van der Waals surface area (Å²) in [6, 6.07) is 9.41. The highest BCUT2D eigenvalue weighted by Gasteiger charge is 2.11. The molecule has 0 aliphatic heterocycles. The molecule has 0 saturated carbocycles. The molecular formula is C15H14O. The number of allylic oxidation sites excluding steroid dienone is 2. The molecule has 0 fully saturated rings. The molecule has 0 heterocycles. The predicted molar refractivity (Wildman–Crippen MR) is 65.0 cm³/mol. The van der Waals surface area contributed by atoms with E-state index in [9.17, 15) is 4.79 Å². The van der Waals surface area contributed by atoms with Crippen LogP contribution in [0, 0.1) is 17.8 Å². The minimum absolute atomic E-state index is 0.0928. The molecule has 0 bridgehead atoms. The molecule has 0 radical (unpaired) electrons. The van der Waals surface area contributed by atoms with Gasteiger partial charge in [-0.15, -0.1) is 5.92 Å². The summed E-state index contributed by atoms with van der Waals surface area (Å²) < 4.78 is 0. The lowest BCUT2D eigenvalue weighted by atomic mass is 9.98. The second-order valence-corrected chi connectivity index (χ2v) is 3.89. The number of hydrogen-bond acceptors (Lipinski definition) is 1. The number of hydrogen-bond donors (Lipinski definition) is 0. The topological polar surface area (TPSA) is 17.1 Å². The van der Waals surface area contributed by atoms with Gasteiger partial charge in [0.25, 0.3) is 0 Å². The Hall–Kier alpha value is -1.81. The Morgan fingerprint density at radius 3 is 2.94 bits per heavy atom. The first-order valence-electron chi connectivity index (χ1n) is 5.59. The van der Waals surface area contributed by atoms with Gasteiger partial charge in [-0.05, 0) is 6.42 Å². The molecule has 1 aliphatic carbocycles. The van der Waals surface area contributed by atoms with Crippen molar-refractivity contribution in [3.8, 4) is 11.8 Å². The Balaban J connectivity index is 2.04. The van der Waals surface area contributed by atoms with Crippen LogP contribution in [0.3, 0.4) is 0 Å². The lowest BCUT2D eigenvalue weighted by molar-refractivity contribution is 0.0976. The van der Waals surface area contributed by atoms with E-state index in [0.29, 0.717) is 6.42 Å². The van der Waals surface area contributed by atoms with Crippen molar-refractivity contribution >= 4 is 5.78 Å². The molecule has 0 spiro atoms. The van der Waals surface area contributed by atoms with Gasteiger partial charge in [-0.1, -0.05) is 48.4 Å². The highest BCUT2D eigenvalue weighted by Crippen LogP contribution is 2.13. The number of carbonyl (C=O) groups excluding carboxylic acids is 1. The van der Waals surface area contributed by atoms with Gasteiger partial charge in [0.05, 0.1) is 0 Å². The minimum Gasteiger partial charge on any atom is -0.294 e. The Kier molecular flexibility index (Phi) is 3.56. The van der Waals surface area contributed by atoms with Crippen LogP contribution in [0.2, 0.25) is 0 Å². The number of benzene rings is 1. The lowest BCUT2D eigenvalue weighted by Gasteiger charge is -2.04. The van der Waals surface area contributed by atoms with Crippen molar-refractivity contribution in [2.75, 3.05) is 0 Å². The van der Waals surface area contributed by atoms with E-state index in [1.54, 1.807) is 0 Å². The smallest absolute Gasteiger partial charge is 0.164 e. The monoisotopic (exact) mass is 210 g/mol. The molecule has 0 amide bonds. The maximum atomic E-state index is 11.9. The molecule has 16 heavy (non-hydrogen) atoms. The fourth-order valence-corrected chi connectivity index (χ4v) is 1.73. The molecule has 0 aromatic heterocycles. The van der Waals surface area contributed by atoms with Crippen molar-refractivity contribution in [2.24, 2.45) is 5.92 Å². The van der Waals surface area contributed by atoms with E-state index in [4.69, 9.17) is 0 Å². The zero-order valence-corrected chi connectivity index (χ0v) is 9.15. The second kappa shape index (κ2) is 5.32. The third kappa shape index (κ3) is 2.84. The summed E-state index contributed by atoms with van der Waals surface area (Å²) in [7, 11) is 0. The first-order valence-corrected chi connectivity index (χ1v) is 5.59. The van der Waals surface area contributed by atoms with Gasteiger partial charge >= 0.3 is 0 Å². The lowest BCUT2D eigenvalue weighted by Crippen LogP contribution is -2.05. The van der Waals surface area contributed by atoms with Gasteiger partial charge in [0, 0.05) is 24.3 Å². The molecule has 80 valence electrons. The highest BCUT2D eigenvalue weighted by molar-refractivity contribution is 5.96. The molecule has 2 rings (SSSR count). The third-order valence-corrected chi connectivity index (χ3v) is 2.59. The fraction of sp³-hybridized carbons (Fsp3) is 0.267. The quantitative estimate of drug-likeness (QED) is 0.425. The van der Waals surface area contributed by atoms with Gasteiger partial charge in [0.1, 0.15) is 0 Å². The summed E-state index contributed by atoms with van der Waals surface area (Å²) >= 11 is 0. The number of rotatable bonds is 3. The Morgan fingerprint density at radius 1 is 1.31 bits per heavy atom. The average molecular weight is 210 g/mol. The van der Waals surface area contributed by atoms with E-state index in [-0.39, 0.29) is 11.7 Å². The van der Waals surface area contributed by atoms with Crippen LogP contribution in [0.5, 0.6) is 0 Å². The van der Waals surface area contributed by atoms with Gasteiger partial charge in [0.15, 0.2) is 5.78 Å². The summed E-state index contributed by atoms with van der Waals surface area (Å²) in [6.07, 6.45) is 6.57. The van der Waals surface area contributed by atoms with Crippen LogP contribution in [0.1, 0.15) is 29.6 Å². The predicted octanol–water partition coefficient (Wildman–Crippen LogP) is 3.23. The Labute approximate surface area is 96.2 Å². The standard InChI is InChI=1S/C15H14O/c16-15(14-10-6-3-7-11-14)12-13-8-4-1-2-5-9-13/h3-4,6-8,10-11,13H,1-2,12H2. The first kappa shape index (κ1) is 10.7. The van der Waals surface area contributed by atoms with Crippen molar-refractivity contribution < 1.29 is 4.79 Å². The van der Waals surface area contributed by atoms with Crippen LogP contribution in [-0.2, 0) is 0 Å². The van der Waals surface area contributed by atoms with Gasteiger partial charge in [0.2, 0.25) is 0 Å². The first-order chi connectivity index (χ1) is 7.86. The van der Waals surface area contributed by atoms with Gasteiger partial charge in [-0.25, -0.2) is 0 Å². The molecule has 1 unspecified atom stereocenters. The van der Waals surface area contributed by atoms with E-state index >= 15 is 0 Å². The molecular weight excluding hydrogens is 196 g/mol. The van der Waals surface area contributed by atoms with Crippen LogP contribution in [0.25, 0.3) is 0 Å². The minimum atomic E-state index is 0.0928. The number of ketones is 1. The van der Waals surface area contributed by atoms with E-state index in [0.717, 1.165) is 18.4 Å².